The van der Waals surface area contributed by atoms with E-state index in [1.807, 2.05) is 0 Å². The number of hydrogen-bond acceptors (Lipinski definition) is 6. The molecule has 6 heteroatoms. The van der Waals surface area contributed by atoms with Crippen molar-refractivity contribution >= 4 is 17.9 Å². The lowest BCUT2D eigenvalue weighted by Gasteiger charge is -2.18. The number of carbonyl (C=O) groups is 3. The molecule has 0 aliphatic rings. The summed E-state index contributed by atoms with van der Waals surface area (Å²) < 4.78 is 17.0. The molecule has 1 unspecified atom stereocenters. The first-order valence-electron chi connectivity index (χ1n) is 32.3. The van der Waals surface area contributed by atoms with E-state index in [0.29, 0.717) is 19.3 Å². The van der Waals surface area contributed by atoms with Gasteiger partial charge in [-0.15, -0.1) is 0 Å². The van der Waals surface area contributed by atoms with Crippen molar-refractivity contribution in [3.63, 3.8) is 0 Å². The Morgan fingerprint density at radius 2 is 0.535 bits per heavy atom. The lowest BCUT2D eigenvalue weighted by molar-refractivity contribution is -0.167. The molecule has 0 radical (unpaired) electrons. The van der Waals surface area contributed by atoms with Crippen LogP contribution in [0.1, 0.15) is 369 Å². The third-order valence-electron chi connectivity index (χ3n) is 15.3. The monoisotopic (exact) mass is 1000 g/mol. The van der Waals surface area contributed by atoms with Crippen molar-refractivity contribution < 1.29 is 28.6 Å². The first-order chi connectivity index (χ1) is 34.8. The molecule has 6 nitrogen and oxygen atoms in total. The van der Waals surface area contributed by atoms with Gasteiger partial charge in [0.15, 0.2) is 6.10 Å². The molecule has 71 heavy (non-hydrogen) atoms. The Balaban J connectivity index is 4.29. The minimum absolute atomic E-state index is 0.0618. The van der Waals surface area contributed by atoms with Gasteiger partial charge in [0.2, 0.25) is 0 Å². The van der Waals surface area contributed by atoms with Crippen molar-refractivity contribution in [3.8, 4) is 0 Å². The van der Waals surface area contributed by atoms with Gasteiger partial charge in [-0.05, 0) is 31.1 Å². The topological polar surface area (TPSA) is 78.9 Å². The molecule has 0 aromatic carbocycles. The summed E-state index contributed by atoms with van der Waals surface area (Å²) >= 11 is 0. The lowest BCUT2D eigenvalue weighted by atomic mass is 9.99. The normalized spacial score (nSPS) is 12.4. The van der Waals surface area contributed by atoms with Crippen molar-refractivity contribution in [2.45, 2.75) is 375 Å². The van der Waals surface area contributed by atoms with E-state index in [9.17, 15) is 14.4 Å². The molecule has 0 aliphatic heterocycles. The predicted molar refractivity (Wildman–Crippen MR) is 307 cm³/mol. The van der Waals surface area contributed by atoms with Gasteiger partial charge in [0.05, 0.1) is 0 Å². The van der Waals surface area contributed by atoms with E-state index in [4.69, 9.17) is 14.2 Å². The quantitative estimate of drug-likeness (QED) is 0.0343. The largest absolute Gasteiger partial charge is 0.462 e. The number of carbonyl (C=O) groups excluding carboxylic acids is 3. The summed E-state index contributed by atoms with van der Waals surface area (Å²) in [6, 6.07) is 0. The fraction of sp³-hybridized carbons (Fsp3) is 0.954. The highest BCUT2D eigenvalue weighted by molar-refractivity contribution is 5.71. The zero-order chi connectivity index (χ0) is 51.8. The van der Waals surface area contributed by atoms with Crippen LogP contribution < -0.4 is 0 Å². The van der Waals surface area contributed by atoms with E-state index in [-0.39, 0.29) is 31.1 Å². The van der Waals surface area contributed by atoms with Crippen molar-refractivity contribution in [2.75, 3.05) is 13.2 Å². The third-order valence-corrected chi connectivity index (χ3v) is 15.3. The average Bonchev–Trinajstić information content (AvgIpc) is 3.36. The minimum Gasteiger partial charge on any atom is -0.462 e. The first-order valence-corrected chi connectivity index (χ1v) is 32.3. The fourth-order valence-electron chi connectivity index (χ4n) is 10.1. The first kappa shape index (κ1) is 69.4. The molecule has 0 bridgehead atoms. The van der Waals surface area contributed by atoms with E-state index >= 15 is 0 Å². The van der Waals surface area contributed by atoms with Crippen LogP contribution in [0.4, 0.5) is 0 Å². The molecule has 0 heterocycles. The number of esters is 3. The van der Waals surface area contributed by atoms with E-state index in [1.165, 1.54) is 257 Å². The van der Waals surface area contributed by atoms with Crippen LogP contribution in [-0.2, 0) is 28.6 Å². The summed E-state index contributed by atoms with van der Waals surface area (Å²) in [5.41, 5.74) is 0. The predicted octanol–water partition coefficient (Wildman–Crippen LogP) is 21.6. The summed E-state index contributed by atoms with van der Waals surface area (Å²) in [4.78, 5) is 38.3. The van der Waals surface area contributed by atoms with E-state index in [1.54, 1.807) is 0 Å². The van der Waals surface area contributed by atoms with Crippen molar-refractivity contribution in [1.29, 1.82) is 0 Å². The van der Waals surface area contributed by atoms with Crippen LogP contribution in [-0.4, -0.2) is 37.2 Å². The maximum absolute atomic E-state index is 12.9. The minimum atomic E-state index is -0.764. The molecule has 0 aliphatic carbocycles. The SMILES string of the molecule is CCCCCCCCCCCCCCCCCCCCC(=O)OC[C@H](COC(=O)CCCCCCCCCCCCCCCCC(C)CC)OC(=O)CCCCCCCCCCCCCCCCC(C)C. The summed E-state index contributed by atoms with van der Waals surface area (Å²) in [6.45, 7) is 11.5. The molecule has 0 fully saturated rings. The standard InChI is InChI=1S/C65H126O6/c1-6-8-9-10-11-12-13-14-15-16-17-18-25-30-35-40-45-50-55-63(66)69-58-62(71-65(68)57-52-47-42-37-32-27-21-19-23-28-33-38-43-48-53-60(3)4)59-70-64(67)56-51-46-41-36-31-26-22-20-24-29-34-39-44-49-54-61(5)7-2/h60-62H,6-59H2,1-5H3/t61?,62-/m1/s1. The third kappa shape index (κ3) is 57.5. The van der Waals surface area contributed by atoms with Crippen molar-refractivity contribution in [1.82, 2.24) is 0 Å². The van der Waals surface area contributed by atoms with Gasteiger partial charge in [-0.1, -0.05) is 330 Å². The highest BCUT2D eigenvalue weighted by atomic mass is 16.6. The van der Waals surface area contributed by atoms with Crippen LogP contribution in [0, 0.1) is 11.8 Å². The maximum Gasteiger partial charge on any atom is 0.306 e. The molecule has 0 spiro atoms. The molecule has 422 valence electrons. The van der Waals surface area contributed by atoms with Gasteiger partial charge in [-0.2, -0.15) is 0 Å². The molecule has 0 rings (SSSR count). The van der Waals surface area contributed by atoms with Crippen molar-refractivity contribution in [3.05, 3.63) is 0 Å². The Morgan fingerprint density at radius 3 is 0.803 bits per heavy atom. The Morgan fingerprint density at radius 1 is 0.296 bits per heavy atom. The maximum atomic E-state index is 12.9. The molecule has 0 aromatic heterocycles. The number of rotatable bonds is 59. The molecule has 0 N–H and O–H groups in total. The summed E-state index contributed by atoms with van der Waals surface area (Å²) in [5, 5.41) is 0. The molecule has 0 saturated carbocycles. The number of hydrogen-bond donors (Lipinski definition) is 0. The summed E-state index contributed by atoms with van der Waals surface area (Å²) in [6.07, 6.45) is 63.8. The Kier molecular flexibility index (Phi) is 56.4. The second-order valence-electron chi connectivity index (χ2n) is 23.1. The van der Waals surface area contributed by atoms with Gasteiger partial charge >= 0.3 is 17.9 Å². The van der Waals surface area contributed by atoms with Crippen LogP contribution >= 0.6 is 0 Å². The summed E-state index contributed by atoms with van der Waals surface area (Å²) in [5.74, 6) is 0.909. The van der Waals surface area contributed by atoms with E-state index in [0.717, 1.165) is 69.6 Å². The Bertz CT molecular complexity index is 1090. The second kappa shape index (κ2) is 57.7. The lowest BCUT2D eigenvalue weighted by Crippen LogP contribution is -2.30. The molecular formula is C65H126O6. The highest BCUT2D eigenvalue weighted by Crippen LogP contribution is 2.19. The van der Waals surface area contributed by atoms with Crippen LogP contribution in [0.3, 0.4) is 0 Å². The smallest absolute Gasteiger partial charge is 0.306 e. The fourth-order valence-corrected chi connectivity index (χ4v) is 10.1. The van der Waals surface area contributed by atoms with E-state index < -0.39 is 6.10 Å². The number of unbranched alkanes of at least 4 members (excludes halogenated alkanes) is 43. The second-order valence-corrected chi connectivity index (χ2v) is 23.1. The van der Waals surface area contributed by atoms with Gasteiger partial charge in [-0.25, -0.2) is 0 Å². The van der Waals surface area contributed by atoms with Crippen LogP contribution in [0.5, 0.6) is 0 Å². The van der Waals surface area contributed by atoms with Crippen LogP contribution in [0.15, 0.2) is 0 Å². The van der Waals surface area contributed by atoms with Gasteiger partial charge in [0.1, 0.15) is 13.2 Å². The highest BCUT2D eigenvalue weighted by Gasteiger charge is 2.19. The molecule has 0 aromatic rings. The molecule has 0 saturated heterocycles. The van der Waals surface area contributed by atoms with Crippen LogP contribution in [0.25, 0.3) is 0 Å². The average molecular weight is 1000 g/mol. The van der Waals surface area contributed by atoms with Gasteiger partial charge < -0.3 is 14.2 Å². The summed E-state index contributed by atoms with van der Waals surface area (Å²) in [7, 11) is 0. The van der Waals surface area contributed by atoms with Gasteiger partial charge in [0.25, 0.3) is 0 Å². The zero-order valence-corrected chi connectivity index (χ0v) is 48.9. The van der Waals surface area contributed by atoms with Crippen molar-refractivity contribution in [2.24, 2.45) is 11.8 Å². The Hall–Kier alpha value is -1.59. The molecular weight excluding hydrogens is 877 g/mol. The number of ether oxygens (including phenoxy) is 3. The van der Waals surface area contributed by atoms with Gasteiger partial charge in [0, 0.05) is 19.3 Å². The zero-order valence-electron chi connectivity index (χ0n) is 48.9. The van der Waals surface area contributed by atoms with Crippen LogP contribution in [0.2, 0.25) is 0 Å². The van der Waals surface area contributed by atoms with Gasteiger partial charge in [-0.3, -0.25) is 14.4 Å². The van der Waals surface area contributed by atoms with E-state index in [2.05, 4.69) is 34.6 Å². The Labute approximate surface area is 444 Å². The molecule has 2 atom stereocenters. The molecule has 0 amide bonds.